The number of anilines is 1. The van der Waals surface area contributed by atoms with Gasteiger partial charge in [0, 0.05) is 30.7 Å². The van der Waals surface area contributed by atoms with E-state index in [1.807, 2.05) is 0 Å². The number of hydrogen-bond donors (Lipinski definition) is 0. The third-order valence-electron chi connectivity index (χ3n) is 3.48. The summed E-state index contributed by atoms with van der Waals surface area (Å²) < 4.78 is 1.23. The summed E-state index contributed by atoms with van der Waals surface area (Å²) in [6.45, 7) is 9.01. The van der Waals surface area contributed by atoms with E-state index in [-0.39, 0.29) is 0 Å². The molecule has 1 fully saturated rings. The summed E-state index contributed by atoms with van der Waals surface area (Å²) in [5.74, 6) is 0.591. The van der Waals surface area contributed by atoms with Gasteiger partial charge in [0.15, 0.2) is 0 Å². The number of benzene rings is 1. The molecule has 0 aliphatic carbocycles. The Labute approximate surface area is 113 Å². The molecule has 2 rings (SSSR count). The third-order valence-corrected chi connectivity index (χ3v) is 4.12. The Morgan fingerprint density at radius 3 is 2.29 bits per heavy atom. The predicted molar refractivity (Wildman–Crippen MR) is 77.9 cm³/mol. The summed E-state index contributed by atoms with van der Waals surface area (Å²) in [4.78, 5) is 4.85. The topological polar surface area (TPSA) is 6.48 Å². The minimum Gasteiger partial charge on any atom is -0.368 e. The van der Waals surface area contributed by atoms with Gasteiger partial charge >= 0.3 is 0 Å². The smallest absolute Gasteiger partial charge is 0.0511 e. The van der Waals surface area contributed by atoms with Gasteiger partial charge in [0.25, 0.3) is 0 Å². The Balaban J connectivity index is 2.16. The lowest BCUT2D eigenvalue weighted by Gasteiger charge is -2.34. The van der Waals surface area contributed by atoms with Gasteiger partial charge in [-0.05, 0) is 46.6 Å². The molecule has 0 radical (unpaired) electrons. The van der Waals surface area contributed by atoms with E-state index in [9.17, 15) is 0 Å². The minimum atomic E-state index is 0.591. The molecule has 3 heteroatoms. The molecule has 0 unspecified atom stereocenters. The molecule has 0 saturated carbocycles. The molecule has 1 aliphatic rings. The van der Waals surface area contributed by atoms with Crippen LogP contribution in [0.2, 0.25) is 0 Å². The fourth-order valence-corrected chi connectivity index (χ4v) is 2.83. The maximum atomic E-state index is 3.71. The summed E-state index contributed by atoms with van der Waals surface area (Å²) in [5.41, 5.74) is 2.73. The minimum absolute atomic E-state index is 0.591. The van der Waals surface area contributed by atoms with Crippen molar-refractivity contribution in [3.63, 3.8) is 0 Å². The zero-order valence-corrected chi connectivity index (χ0v) is 12.5. The summed E-state index contributed by atoms with van der Waals surface area (Å²) in [7, 11) is 2.19. The van der Waals surface area contributed by atoms with Gasteiger partial charge < -0.3 is 9.80 Å². The Kier molecular flexibility index (Phi) is 4.10. The number of likely N-dealkylation sites (N-methyl/N-ethyl adjacent to an activating group) is 1. The first-order valence-corrected chi connectivity index (χ1v) is 7.10. The van der Waals surface area contributed by atoms with Gasteiger partial charge in [-0.1, -0.05) is 19.9 Å². The zero-order valence-electron chi connectivity index (χ0n) is 10.9. The second-order valence-corrected chi connectivity index (χ2v) is 6.01. The van der Waals surface area contributed by atoms with Crippen molar-refractivity contribution in [1.82, 2.24) is 4.90 Å². The van der Waals surface area contributed by atoms with Gasteiger partial charge in [0.05, 0.1) is 5.69 Å². The van der Waals surface area contributed by atoms with Gasteiger partial charge in [0.2, 0.25) is 0 Å². The van der Waals surface area contributed by atoms with Crippen molar-refractivity contribution in [2.24, 2.45) is 0 Å². The lowest BCUT2D eigenvalue weighted by molar-refractivity contribution is 0.312. The van der Waals surface area contributed by atoms with E-state index in [1.165, 1.54) is 15.7 Å². The van der Waals surface area contributed by atoms with Crippen LogP contribution in [-0.2, 0) is 0 Å². The maximum absolute atomic E-state index is 3.71. The summed E-state index contributed by atoms with van der Waals surface area (Å²) in [6.07, 6.45) is 0. The summed E-state index contributed by atoms with van der Waals surface area (Å²) in [5, 5.41) is 0. The van der Waals surface area contributed by atoms with Gasteiger partial charge in [-0.25, -0.2) is 0 Å². The van der Waals surface area contributed by atoms with Crippen LogP contribution in [0, 0.1) is 0 Å². The molecule has 0 N–H and O–H groups in total. The number of nitrogens with zero attached hydrogens (tertiary/aromatic N) is 2. The first-order chi connectivity index (χ1) is 8.08. The van der Waals surface area contributed by atoms with E-state index >= 15 is 0 Å². The molecule has 0 atom stereocenters. The fraction of sp³-hybridized carbons (Fsp3) is 0.571. The molecule has 1 aliphatic heterocycles. The molecule has 1 aromatic carbocycles. The highest BCUT2D eigenvalue weighted by Gasteiger charge is 2.16. The Hall–Kier alpha value is -0.540. The van der Waals surface area contributed by atoms with Crippen molar-refractivity contribution >= 4 is 21.6 Å². The van der Waals surface area contributed by atoms with E-state index < -0.39 is 0 Å². The molecular formula is C14H21BrN2. The SMILES string of the molecule is CC(C)c1ccc(N2CCN(C)CC2)c(Br)c1. The predicted octanol–water partition coefficient (Wildman–Crippen LogP) is 3.32. The van der Waals surface area contributed by atoms with Crippen LogP contribution in [0.1, 0.15) is 25.3 Å². The van der Waals surface area contributed by atoms with Crippen LogP contribution >= 0.6 is 15.9 Å². The zero-order chi connectivity index (χ0) is 12.4. The third kappa shape index (κ3) is 3.02. The van der Waals surface area contributed by atoms with Crippen LogP contribution in [0.25, 0.3) is 0 Å². The summed E-state index contributed by atoms with van der Waals surface area (Å²) in [6, 6.07) is 6.77. The highest BCUT2D eigenvalue weighted by molar-refractivity contribution is 9.10. The molecule has 1 saturated heterocycles. The highest BCUT2D eigenvalue weighted by atomic mass is 79.9. The summed E-state index contributed by atoms with van der Waals surface area (Å²) >= 11 is 3.71. The largest absolute Gasteiger partial charge is 0.368 e. The van der Waals surface area contributed by atoms with Crippen LogP contribution in [0.5, 0.6) is 0 Å². The fourth-order valence-electron chi connectivity index (χ4n) is 2.19. The van der Waals surface area contributed by atoms with E-state index in [4.69, 9.17) is 0 Å². The lowest BCUT2D eigenvalue weighted by atomic mass is 10.0. The second-order valence-electron chi connectivity index (χ2n) is 5.16. The molecule has 0 amide bonds. The maximum Gasteiger partial charge on any atom is 0.0511 e. The Morgan fingerprint density at radius 2 is 1.76 bits per heavy atom. The molecule has 0 bridgehead atoms. The van der Waals surface area contributed by atoms with Gasteiger partial charge in [-0.3, -0.25) is 0 Å². The van der Waals surface area contributed by atoms with Crippen LogP contribution in [0.15, 0.2) is 22.7 Å². The molecule has 1 heterocycles. The van der Waals surface area contributed by atoms with Crippen molar-refractivity contribution in [3.8, 4) is 0 Å². The first-order valence-electron chi connectivity index (χ1n) is 6.31. The second kappa shape index (κ2) is 5.40. The average molecular weight is 297 g/mol. The van der Waals surface area contributed by atoms with Crippen molar-refractivity contribution in [1.29, 1.82) is 0 Å². The van der Waals surface area contributed by atoms with E-state index in [1.54, 1.807) is 0 Å². The molecule has 2 nitrogen and oxygen atoms in total. The Morgan fingerprint density at radius 1 is 1.12 bits per heavy atom. The first kappa shape index (κ1) is 12.9. The number of halogens is 1. The molecule has 1 aromatic rings. The number of hydrogen-bond acceptors (Lipinski definition) is 2. The molecular weight excluding hydrogens is 276 g/mol. The van der Waals surface area contributed by atoms with Crippen LogP contribution < -0.4 is 4.90 Å². The monoisotopic (exact) mass is 296 g/mol. The van der Waals surface area contributed by atoms with Crippen molar-refractivity contribution in [3.05, 3.63) is 28.2 Å². The number of piperazine rings is 1. The molecule has 0 aromatic heterocycles. The van der Waals surface area contributed by atoms with Crippen molar-refractivity contribution in [2.45, 2.75) is 19.8 Å². The normalized spacial score (nSPS) is 17.8. The van der Waals surface area contributed by atoms with E-state index in [0.717, 1.165) is 26.2 Å². The standard InChI is InChI=1S/C14H21BrN2/c1-11(2)12-4-5-14(13(15)10-12)17-8-6-16(3)7-9-17/h4-5,10-11H,6-9H2,1-3H3. The van der Waals surface area contributed by atoms with Gasteiger partial charge in [0.1, 0.15) is 0 Å². The van der Waals surface area contributed by atoms with Gasteiger partial charge in [-0.2, -0.15) is 0 Å². The molecule has 17 heavy (non-hydrogen) atoms. The van der Waals surface area contributed by atoms with E-state index in [0.29, 0.717) is 5.92 Å². The Bertz CT molecular complexity index is 382. The van der Waals surface area contributed by atoms with Crippen LogP contribution in [0.4, 0.5) is 5.69 Å². The van der Waals surface area contributed by atoms with E-state index in [2.05, 4.69) is 64.8 Å². The highest BCUT2D eigenvalue weighted by Crippen LogP contribution is 2.30. The van der Waals surface area contributed by atoms with Gasteiger partial charge in [-0.15, -0.1) is 0 Å². The quantitative estimate of drug-likeness (QED) is 0.826. The average Bonchev–Trinajstić information content (AvgIpc) is 2.30. The number of rotatable bonds is 2. The van der Waals surface area contributed by atoms with Crippen molar-refractivity contribution in [2.75, 3.05) is 38.1 Å². The molecule has 0 spiro atoms. The van der Waals surface area contributed by atoms with Crippen LogP contribution in [-0.4, -0.2) is 38.1 Å². The van der Waals surface area contributed by atoms with Crippen LogP contribution in [0.3, 0.4) is 0 Å². The molecule has 94 valence electrons. The van der Waals surface area contributed by atoms with Crippen molar-refractivity contribution < 1.29 is 0 Å². The lowest BCUT2D eigenvalue weighted by Crippen LogP contribution is -2.44.